The van der Waals surface area contributed by atoms with Crippen LogP contribution < -0.4 is 16.1 Å². The summed E-state index contributed by atoms with van der Waals surface area (Å²) in [6.07, 6.45) is 1.67. The number of aryl methyl sites for hydroxylation is 2. The molecule has 124 valence electrons. The Balaban J connectivity index is 2.48. The molecule has 24 heavy (non-hydrogen) atoms. The van der Waals surface area contributed by atoms with Gasteiger partial charge in [0.25, 0.3) is 5.56 Å². The van der Waals surface area contributed by atoms with E-state index in [1.807, 2.05) is 13.8 Å². The minimum Gasteiger partial charge on any atom is -0.507 e. The van der Waals surface area contributed by atoms with E-state index in [9.17, 15) is 14.7 Å². The fourth-order valence-corrected chi connectivity index (χ4v) is 3.28. The molecule has 1 N–H and O–H groups in total. The Hall–Kier alpha value is -2.69. The molecule has 3 rings (SSSR count). The number of carbonyl (C=O) groups excluding carboxylic acids is 1. The quantitative estimate of drug-likeness (QED) is 0.924. The highest BCUT2D eigenvalue weighted by Crippen LogP contribution is 2.24. The van der Waals surface area contributed by atoms with E-state index in [2.05, 4.69) is 11.6 Å². The van der Waals surface area contributed by atoms with Crippen LogP contribution in [-0.4, -0.2) is 20.4 Å². The van der Waals surface area contributed by atoms with Crippen molar-refractivity contribution in [1.82, 2.24) is 9.55 Å². The van der Waals surface area contributed by atoms with Crippen LogP contribution in [0.25, 0.3) is 12.3 Å². The second-order valence-electron chi connectivity index (χ2n) is 6.23. The molecule has 0 fully saturated rings. The van der Waals surface area contributed by atoms with Crippen LogP contribution in [0.4, 0.5) is 0 Å². The van der Waals surface area contributed by atoms with Gasteiger partial charge in [-0.05, 0) is 37.5 Å². The summed E-state index contributed by atoms with van der Waals surface area (Å²) < 4.78 is 1.46. The fraction of sp³-hybridized carbons (Fsp3) is 0.316. The van der Waals surface area contributed by atoms with E-state index in [0.29, 0.717) is 28.2 Å². The van der Waals surface area contributed by atoms with Crippen molar-refractivity contribution in [3.63, 3.8) is 0 Å². The number of aliphatic hydroxyl groups is 1. The van der Waals surface area contributed by atoms with Gasteiger partial charge in [-0.25, -0.2) is 4.98 Å². The van der Waals surface area contributed by atoms with Gasteiger partial charge in [0.15, 0.2) is 0 Å². The van der Waals surface area contributed by atoms with Crippen LogP contribution in [-0.2, 0) is 6.54 Å². The number of pyridine rings is 2. The molecule has 0 saturated heterocycles. The number of ketones is 1. The number of aliphatic hydroxyl groups excluding tert-OH is 1. The number of hydrogen-bond donors (Lipinski definition) is 1. The molecule has 0 spiro atoms. The fourth-order valence-electron chi connectivity index (χ4n) is 3.28. The number of nitrogens with zero attached hydrogens (tertiary/aromatic N) is 2. The monoisotopic (exact) mass is 324 g/mol. The predicted octanol–water partition coefficient (Wildman–Crippen LogP) is 1.33. The molecule has 0 radical (unpaired) electrons. The lowest BCUT2D eigenvalue weighted by molar-refractivity contribution is 0.102. The van der Waals surface area contributed by atoms with Gasteiger partial charge in [0.1, 0.15) is 17.1 Å². The third kappa shape index (κ3) is 2.28. The van der Waals surface area contributed by atoms with Gasteiger partial charge in [0.2, 0.25) is 5.78 Å². The van der Waals surface area contributed by atoms with Gasteiger partial charge < -0.3 is 9.67 Å². The Bertz CT molecular complexity index is 1030. The topological polar surface area (TPSA) is 72.2 Å². The SMILES string of the molecule is C=c1cc(C)c2c(n1)C(=O)c1c(c(C)cc(=O)n1CCCC)C=2O. The van der Waals surface area contributed by atoms with E-state index >= 15 is 0 Å². The van der Waals surface area contributed by atoms with Crippen LogP contribution >= 0.6 is 0 Å². The highest BCUT2D eigenvalue weighted by atomic mass is 16.3. The molecule has 2 aromatic heterocycles. The third-order valence-electron chi connectivity index (χ3n) is 4.42. The Kier molecular flexibility index (Phi) is 3.87. The number of carbonyl (C=O) groups is 1. The van der Waals surface area contributed by atoms with Crippen LogP contribution in [0.5, 0.6) is 0 Å². The maximum atomic E-state index is 13.1. The first-order valence-electron chi connectivity index (χ1n) is 8.06. The van der Waals surface area contributed by atoms with Crippen molar-refractivity contribution < 1.29 is 9.90 Å². The molecular formula is C19H20N2O3. The molecule has 1 aliphatic carbocycles. The zero-order valence-electron chi connectivity index (χ0n) is 14.1. The number of unbranched alkanes of at least 4 members (excludes halogenated alkanes) is 1. The largest absolute Gasteiger partial charge is 0.507 e. The lowest BCUT2D eigenvalue weighted by Crippen LogP contribution is -2.38. The molecule has 0 bridgehead atoms. The number of hydrogen-bond acceptors (Lipinski definition) is 4. The van der Waals surface area contributed by atoms with Gasteiger partial charge in [-0.1, -0.05) is 19.9 Å². The molecule has 0 saturated carbocycles. The molecule has 0 amide bonds. The molecular weight excluding hydrogens is 304 g/mol. The summed E-state index contributed by atoms with van der Waals surface area (Å²) in [6.45, 7) is 9.79. The summed E-state index contributed by atoms with van der Waals surface area (Å²) in [7, 11) is 0. The molecule has 5 heteroatoms. The zero-order chi connectivity index (χ0) is 17.6. The second kappa shape index (κ2) is 5.74. The Morgan fingerprint density at radius 1 is 1.21 bits per heavy atom. The highest BCUT2D eigenvalue weighted by molar-refractivity contribution is 6.12. The molecule has 1 aliphatic rings. The smallest absolute Gasteiger partial charge is 0.251 e. The van der Waals surface area contributed by atoms with Crippen molar-refractivity contribution in [3.8, 4) is 0 Å². The van der Waals surface area contributed by atoms with Crippen molar-refractivity contribution in [3.05, 3.63) is 61.1 Å². The standard InChI is InChI=1S/C19H20N2O3/c1-5-6-7-21-13(22)9-11(3)15-17(21)19(24)16-14(18(15)23)10(2)8-12(4)20-16/h8-9,23H,4-7H2,1-3H3. The third-order valence-corrected chi connectivity index (χ3v) is 4.42. The maximum absolute atomic E-state index is 13.1. The van der Waals surface area contributed by atoms with Gasteiger partial charge in [-0.2, -0.15) is 0 Å². The van der Waals surface area contributed by atoms with Gasteiger partial charge in [-0.3, -0.25) is 9.59 Å². The molecule has 5 nitrogen and oxygen atoms in total. The van der Waals surface area contributed by atoms with E-state index in [0.717, 1.165) is 18.4 Å². The van der Waals surface area contributed by atoms with Crippen molar-refractivity contribution >= 4 is 18.1 Å². The van der Waals surface area contributed by atoms with E-state index < -0.39 is 0 Å². The summed E-state index contributed by atoms with van der Waals surface area (Å²) in [4.78, 5) is 29.7. The predicted molar refractivity (Wildman–Crippen MR) is 92.7 cm³/mol. The van der Waals surface area contributed by atoms with Crippen LogP contribution in [0.3, 0.4) is 0 Å². The summed E-state index contributed by atoms with van der Waals surface area (Å²) in [5.74, 6) is -0.323. The molecule has 0 aliphatic heterocycles. The normalized spacial score (nSPS) is 13.0. The molecule has 0 atom stereocenters. The zero-order valence-corrected chi connectivity index (χ0v) is 14.1. The lowest BCUT2D eigenvalue weighted by atomic mass is 9.91. The first-order chi connectivity index (χ1) is 11.4. The first-order valence-corrected chi connectivity index (χ1v) is 8.06. The van der Waals surface area contributed by atoms with Crippen LogP contribution in [0.1, 0.15) is 52.6 Å². The number of fused-ring (bicyclic) bond motifs is 2. The van der Waals surface area contributed by atoms with Gasteiger partial charge in [0.05, 0.1) is 5.35 Å². The first kappa shape index (κ1) is 16.2. The average Bonchev–Trinajstić information content (AvgIpc) is 2.50. The maximum Gasteiger partial charge on any atom is 0.251 e. The van der Waals surface area contributed by atoms with Crippen molar-refractivity contribution in [2.75, 3.05) is 0 Å². The van der Waals surface area contributed by atoms with Gasteiger partial charge >= 0.3 is 0 Å². The average molecular weight is 324 g/mol. The van der Waals surface area contributed by atoms with Crippen molar-refractivity contribution in [2.45, 2.75) is 40.2 Å². The summed E-state index contributed by atoms with van der Waals surface area (Å²) in [5, 5.41) is 11.7. The molecule has 0 aromatic carbocycles. The van der Waals surface area contributed by atoms with Crippen molar-refractivity contribution in [1.29, 1.82) is 0 Å². The summed E-state index contributed by atoms with van der Waals surface area (Å²) in [5.41, 5.74) is 1.94. The summed E-state index contributed by atoms with van der Waals surface area (Å²) >= 11 is 0. The Morgan fingerprint density at radius 3 is 2.58 bits per heavy atom. The summed E-state index contributed by atoms with van der Waals surface area (Å²) in [6, 6.07) is 3.21. The molecule has 0 unspecified atom stereocenters. The second-order valence-corrected chi connectivity index (χ2v) is 6.23. The molecule has 2 heterocycles. The minimum atomic E-state index is -0.330. The molecule has 2 aromatic rings. The lowest BCUT2D eigenvalue weighted by Gasteiger charge is -2.22. The van der Waals surface area contributed by atoms with Crippen LogP contribution in [0.15, 0.2) is 16.9 Å². The van der Waals surface area contributed by atoms with E-state index in [4.69, 9.17) is 0 Å². The van der Waals surface area contributed by atoms with Gasteiger partial charge in [0, 0.05) is 23.4 Å². The van der Waals surface area contributed by atoms with E-state index in [1.54, 1.807) is 13.0 Å². The Labute approximate surface area is 139 Å². The van der Waals surface area contributed by atoms with E-state index in [1.165, 1.54) is 10.6 Å². The highest BCUT2D eigenvalue weighted by Gasteiger charge is 2.31. The van der Waals surface area contributed by atoms with Crippen LogP contribution in [0.2, 0.25) is 0 Å². The Morgan fingerprint density at radius 2 is 1.92 bits per heavy atom. The van der Waals surface area contributed by atoms with E-state index in [-0.39, 0.29) is 28.5 Å². The number of rotatable bonds is 3. The number of aromatic nitrogens is 2. The van der Waals surface area contributed by atoms with Crippen LogP contribution in [0, 0.1) is 13.8 Å². The minimum absolute atomic E-state index is 0.00680. The van der Waals surface area contributed by atoms with Crippen molar-refractivity contribution in [2.24, 2.45) is 0 Å². The van der Waals surface area contributed by atoms with Gasteiger partial charge in [-0.15, -0.1) is 0 Å².